The summed E-state index contributed by atoms with van der Waals surface area (Å²) in [4.78, 5) is 92.1. The van der Waals surface area contributed by atoms with Crippen LogP contribution >= 0.6 is 7.37 Å². The van der Waals surface area contributed by atoms with Crippen LogP contribution in [0.4, 0.5) is 0 Å². The predicted molar refractivity (Wildman–Crippen MR) is 159 cm³/mol. The number of rotatable bonds is 2. The molecule has 3 fully saturated rings. The quantitative estimate of drug-likeness (QED) is 0.268. The lowest BCUT2D eigenvalue weighted by molar-refractivity contribution is -0.141. The molecular formula is C29H41N6O8P. The van der Waals surface area contributed by atoms with E-state index in [-0.39, 0.29) is 25.9 Å². The van der Waals surface area contributed by atoms with Gasteiger partial charge in [0.05, 0.1) is 6.54 Å². The van der Waals surface area contributed by atoms with Crippen molar-refractivity contribution in [3.8, 4) is 0 Å². The Labute approximate surface area is 256 Å². The standard InChI is InChI=1S/C29H41N6O8P/c1-18-26(38)30-17-25(37)34-13-6-10-21(34)28(40)33-24(16-20-8-4-3-5-9-20)44(42,43)15-12-23(36)31-19(2)29(41)35-14-7-11-22(35)27(39)32-18/h3-5,8-9,18-19,21-22,24H,6-7,10-17H2,1-2H3,(H,30,38)(H,31,36)(H,32,39)(H,33,40)(H,42,43)/t18-,19-,21-,22-,24-/m1/s1. The van der Waals surface area contributed by atoms with E-state index in [2.05, 4.69) is 21.3 Å². The molecule has 15 heteroatoms. The Bertz CT molecular complexity index is 1330. The molecule has 6 amide bonds. The summed E-state index contributed by atoms with van der Waals surface area (Å²) in [5.41, 5.74) is 0.695. The second kappa shape index (κ2) is 14.3. The summed E-state index contributed by atoms with van der Waals surface area (Å²) in [5, 5.41) is 10.3. The number of benzene rings is 1. The molecule has 0 spiro atoms. The van der Waals surface area contributed by atoms with Crippen LogP contribution in [0.3, 0.4) is 0 Å². The lowest BCUT2D eigenvalue weighted by Gasteiger charge is -2.29. The van der Waals surface area contributed by atoms with Gasteiger partial charge in [0.25, 0.3) is 0 Å². The number of hydrogen-bond donors (Lipinski definition) is 5. The van der Waals surface area contributed by atoms with E-state index in [1.54, 1.807) is 30.3 Å². The Morgan fingerprint density at radius 3 is 2.11 bits per heavy atom. The zero-order valence-electron chi connectivity index (χ0n) is 25.0. The van der Waals surface area contributed by atoms with Gasteiger partial charge in [-0.2, -0.15) is 0 Å². The first kappa shape index (κ1) is 33.1. The number of carbonyl (C=O) groups excluding carboxylic acids is 6. The molecule has 14 nitrogen and oxygen atoms in total. The van der Waals surface area contributed by atoms with Gasteiger partial charge in [-0.05, 0) is 45.1 Å². The molecule has 0 bridgehead atoms. The van der Waals surface area contributed by atoms with Crippen molar-refractivity contribution in [2.75, 3.05) is 25.8 Å². The maximum atomic E-state index is 13.7. The summed E-state index contributed by atoms with van der Waals surface area (Å²) in [6.45, 7) is 3.08. The van der Waals surface area contributed by atoms with Crippen molar-refractivity contribution in [1.82, 2.24) is 31.1 Å². The third kappa shape index (κ3) is 8.03. The molecule has 0 saturated carbocycles. The molecule has 4 rings (SSSR count). The Morgan fingerprint density at radius 2 is 1.43 bits per heavy atom. The summed E-state index contributed by atoms with van der Waals surface area (Å²) < 4.78 is 13.7. The van der Waals surface area contributed by atoms with Gasteiger partial charge in [0.2, 0.25) is 42.8 Å². The molecule has 0 aromatic heterocycles. The first-order valence-electron chi connectivity index (χ1n) is 15.0. The van der Waals surface area contributed by atoms with E-state index < -0.39 is 85.5 Å². The van der Waals surface area contributed by atoms with Crippen molar-refractivity contribution >= 4 is 42.8 Å². The minimum atomic E-state index is -4.20. The lowest BCUT2D eigenvalue weighted by atomic mass is 10.1. The van der Waals surface area contributed by atoms with E-state index in [0.29, 0.717) is 31.2 Å². The molecule has 3 heterocycles. The van der Waals surface area contributed by atoms with Crippen molar-refractivity contribution < 1.29 is 38.2 Å². The molecule has 1 aromatic carbocycles. The molecule has 1 unspecified atom stereocenters. The first-order chi connectivity index (χ1) is 20.9. The first-order valence-corrected chi connectivity index (χ1v) is 16.9. The molecule has 44 heavy (non-hydrogen) atoms. The highest BCUT2D eigenvalue weighted by atomic mass is 31.2. The molecule has 240 valence electrons. The maximum absolute atomic E-state index is 13.7. The maximum Gasteiger partial charge on any atom is 0.245 e. The van der Waals surface area contributed by atoms with Crippen molar-refractivity contribution in [2.45, 2.75) is 82.3 Å². The van der Waals surface area contributed by atoms with E-state index in [9.17, 15) is 38.2 Å². The van der Waals surface area contributed by atoms with E-state index in [1.165, 1.54) is 23.6 Å². The largest absolute Gasteiger partial charge is 0.345 e. The zero-order valence-corrected chi connectivity index (χ0v) is 25.9. The highest BCUT2D eigenvalue weighted by Crippen LogP contribution is 2.47. The summed E-state index contributed by atoms with van der Waals surface area (Å²) in [5.74, 6) is -4.62. The van der Waals surface area contributed by atoms with E-state index in [0.717, 1.165) is 0 Å². The summed E-state index contributed by atoms with van der Waals surface area (Å²) in [7, 11) is -4.20. The van der Waals surface area contributed by atoms with Gasteiger partial charge >= 0.3 is 0 Å². The fourth-order valence-electron chi connectivity index (χ4n) is 5.87. The van der Waals surface area contributed by atoms with E-state index >= 15 is 0 Å². The molecule has 1 aromatic rings. The Kier molecular flexibility index (Phi) is 10.8. The molecule has 3 saturated heterocycles. The average Bonchev–Trinajstić information content (AvgIpc) is 3.69. The molecule has 3 aliphatic rings. The van der Waals surface area contributed by atoms with Crippen molar-refractivity contribution in [2.24, 2.45) is 0 Å². The van der Waals surface area contributed by atoms with Crippen LogP contribution in [0, 0.1) is 0 Å². The van der Waals surface area contributed by atoms with Crippen LogP contribution in [-0.2, 0) is 39.8 Å². The molecule has 0 aliphatic carbocycles. The van der Waals surface area contributed by atoms with Crippen LogP contribution in [-0.4, -0.2) is 106 Å². The molecule has 0 radical (unpaired) electrons. The SMILES string of the molecule is C[C@H]1NC(=O)[C@H]2CCCN2C(=O)[C@@H](C)NC(=O)CCP(=O)(O)[C@H](Cc2ccccc2)NC(=O)[C@H]2CCCN2C(=O)CNC1=O. The van der Waals surface area contributed by atoms with Gasteiger partial charge in [-0.25, -0.2) is 0 Å². The fourth-order valence-corrected chi connectivity index (χ4v) is 7.53. The third-order valence-electron chi connectivity index (χ3n) is 8.36. The van der Waals surface area contributed by atoms with Crippen LogP contribution < -0.4 is 21.3 Å². The molecule has 3 aliphatic heterocycles. The minimum Gasteiger partial charge on any atom is -0.345 e. The number of hydrogen-bond acceptors (Lipinski definition) is 7. The zero-order chi connectivity index (χ0) is 32.0. The van der Waals surface area contributed by atoms with Gasteiger partial charge < -0.3 is 36.0 Å². The van der Waals surface area contributed by atoms with Crippen molar-refractivity contribution in [1.29, 1.82) is 0 Å². The number of nitrogens with one attached hydrogen (secondary N) is 4. The lowest BCUT2D eigenvalue weighted by Crippen LogP contribution is -2.55. The normalized spacial score (nSPS) is 31.7. The molecule has 6 atom stereocenters. The average molecular weight is 633 g/mol. The van der Waals surface area contributed by atoms with Crippen LogP contribution in [0.2, 0.25) is 0 Å². The molecular weight excluding hydrogens is 591 g/mol. The summed E-state index contributed by atoms with van der Waals surface area (Å²) >= 11 is 0. The number of amides is 6. The van der Waals surface area contributed by atoms with E-state index in [4.69, 9.17) is 0 Å². The summed E-state index contributed by atoms with van der Waals surface area (Å²) in [6, 6.07) is 5.07. The number of carbonyl (C=O) groups is 6. The van der Waals surface area contributed by atoms with Gasteiger partial charge in [-0.15, -0.1) is 0 Å². The Hall–Kier alpha value is -3.77. The van der Waals surface area contributed by atoms with E-state index in [1.807, 2.05) is 0 Å². The molecule has 5 N–H and O–H groups in total. The highest BCUT2D eigenvalue weighted by molar-refractivity contribution is 7.58. The monoisotopic (exact) mass is 632 g/mol. The van der Waals surface area contributed by atoms with Crippen LogP contribution in [0.1, 0.15) is 51.5 Å². The minimum absolute atomic E-state index is 0.0167. The second-order valence-corrected chi connectivity index (χ2v) is 14.2. The van der Waals surface area contributed by atoms with Gasteiger partial charge in [0, 0.05) is 32.1 Å². The Morgan fingerprint density at radius 1 is 0.818 bits per heavy atom. The topological polar surface area (TPSA) is 194 Å². The predicted octanol–water partition coefficient (Wildman–Crippen LogP) is -0.547. The van der Waals surface area contributed by atoms with Crippen LogP contribution in [0.15, 0.2) is 30.3 Å². The number of fused-ring (bicyclic) bond motifs is 2. The fraction of sp³-hybridized carbons (Fsp3) is 0.586. The Balaban J connectivity index is 1.59. The van der Waals surface area contributed by atoms with Crippen LogP contribution in [0.5, 0.6) is 0 Å². The third-order valence-corrected chi connectivity index (χ3v) is 10.5. The van der Waals surface area contributed by atoms with Crippen molar-refractivity contribution in [3.05, 3.63) is 35.9 Å². The van der Waals surface area contributed by atoms with Gasteiger partial charge in [-0.1, -0.05) is 30.3 Å². The number of nitrogens with zero attached hydrogens (tertiary/aromatic N) is 2. The van der Waals surface area contributed by atoms with Crippen molar-refractivity contribution in [3.63, 3.8) is 0 Å². The smallest absolute Gasteiger partial charge is 0.245 e. The van der Waals surface area contributed by atoms with Crippen LogP contribution in [0.25, 0.3) is 0 Å². The highest BCUT2D eigenvalue weighted by Gasteiger charge is 2.40. The second-order valence-electron chi connectivity index (χ2n) is 11.6. The van der Waals surface area contributed by atoms with Gasteiger partial charge in [0.1, 0.15) is 30.0 Å². The van der Waals surface area contributed by atoms with Gasteiger partial charge in [0.15, 0.2) is 0 Å². The summed E-state index contributed by atoms with van der Waals surface area (Å²) in [6.07, 6.45) is 0.969. The van der Waals surface area contributed by atoms with Gasteiger partial charge in [-0.3, -0.25) is 33.3 Å².